The van der Waals surface area contributed by atoms with Gasteiger partial charge in [-0.05, 0) is 12.1 Å². The summed E-state index contributed by atoms with van der Waals surface area (Å²) in [4.78, 5) is 10.0. The quantitative estimate of drug-likeness (QED) is 0.866. The van der Waals surface area contributed by atoms with Gasteiger partial charge in [0.05, 0.1) is 0 Å². The third kappa shape index (κ3) is 4.23. The van der Waals surface area contributed by atoms with E-state index in [4.69, 9.17) is 5.11 Å². The Morgan fingerprint density at radius 2 is 1.68 bits per heavy atom. The maximum absolute atomic E-state index is 13.1. The number of hydrogen-bond donors (Lipinski definition) is 1. The van der Waals surface area contributed by atoms with Crippen LogP contribution in [0.15, 0.2) is 18.2 Å². The second-order valence-electron chi connectivity index (χ2n) is 3.06. The topological polar surface area (TPSA) is 55.8 Å². The van der Waals surface area contributed by atoms with Gasteiger partial charge in [-0.3, -0.25) is 0 Å². The lowest BCUT2D eigenvalue weighted by molar-refractivity contribution is -0.275. The lowest BCUT2D eigenvalue weighted by Gasteiger charge is -2.14. The molecule has 0 aromatic heterocycles. The average Bonchev–Trinajstić information content (AvgIpc) is 2.19. The van der Waals surface area contributed by atoms with E-state index in [1.54, 1.807) is 0 Å². The molecule has 1 aromatic rings. The Kier molecular flexibility index (Phi) is 3.82. The molecule has 1 rings (SSSR count). The molecular formula is C9H4F6O4. The van der Waals surface area contributed by atoms with Crippen LogP contribution in [0.1, 0.15) is 0 Å². The predicted molar refractivity (Wildman–Crippen MR) is 46.3 cm³/mol. The summed E-state index contributed by atoms with van der Waals surface area (Å²) in [6.45, 7) is 0. The minimum atomic E-state index is -5.16. The summed E-state index contributed by atoms with van der Waals surface area (Å²) in [7, 11) is 0. The molecule has 0 aliphatic carbocycles. The van der Waals surface area contributed by atoms with Crippen LogP contribution < -0.4 is 9.47 Å². The largest absolute Gasteiger partial charge is 0.573 e. The fourth-order valence-electron chi connectivity index (χ4n) is 0.944. The normalized spacial score (nSPS) is 12.1. The molecule has 0 unspecified atom stereocenters. The Labute approximate surface area is 101 Å². The molecule has 1 aromatic carbocycles. The molecule has 0 saturated heterocycles. The zero-order chi connectivity index (χ0) is 14.8. The molecule has 1 N–H and O–H groups in total. The van der Waals surface area contributed by atoms with E-state index < -0.39 is 35.8 Å². The van der Waals surface area contributed by atoms with Crippen LogP contribution in [0.2, 0.25) is 0 Å². The number of halogens is 6. The van der Waals surface area contributed by atoms with Gasteiger partial charge < -0.3 is 14.6 Å². The van der Waals surface area contributed by atoms with E-state index in [1.165, 1.54) is 0 Å². The molecule has 0 radical (unpaired) electrons. The maximum Gasteiger partial charge on any atom is 0.573 e. The highest BCUT2D eigenvalue weighted by molar-refractivity contribution is 5.73. The molecule has 0 amide bonds. The first-order chi connectivity index (χ1) is 8.51. The summed E-state index contributed by atoms with van der Waals surface area (Å²) >= 11 is 0. The highest BCUT2D eigenvalue weighted by atomic mass is 19.4. The van der Waals surface area contributed by atoms with Crippen molar-refractivity contribution in [2.45, 2.75) is 12.5 Å². The fourth-order valence-corrected chi connectivity index (χ4v) is 0.944. The summed E-state index contributed by atoms with van der Waals surface area (Å²) in [5.41, 5.74) is 0. The van der Waals surface area contributed by atoms with Crippen molar-refractivity contribution >= 4 is 5.97 Å². The van der Waals surface area contributed by atoms with Crippen LogP contribution in [0.25, 0.3) is 0 Å². The van der Waals surface area contributed by atoms with Gasteiger partial charge in [-0.2, -0.15) is 8.78 Å². The number of aliphatic carboxylic acids is 1. The molecule has 106 valence electrons. The Morgan fingerprint density at radius 1 is 1.11 bits per heavy atom. The van der Waals surface area contributed by atoms with Crippen molar-refractivity contribution in [1.29, 1.82) is 0 Å². The molecule has 4 nitrogen and oxygen atoms in total. The van der Waals surface area contributed by atoms with Gasteiger partial charge in [0.2, 0.25) is 0 Å². The Bertz CT molecular complexity index is 484. The van der Waals surface area contributed by atoms with Gasteiger partial charge in [-0.15, -0.1) is 13.2 Å². The predicted octanol–water partition coefficient (Wildman–Crippen LogP) is 2.78. The SMILES string of the molecule is O=C(O)C(F)(F)Oc1ccc(OC(F)(F)F)c(F)c1. The third-order valence-corrected chi connectivity index (χ3v) is 1.62. The molecule has 0 atom stereocenters. The Morgan fingerprint density at radius 3 is 2.11 bits per heavy atom. The summed E-state index contributed by atoms with van der Waals surface area (Å²) in [5.74, 6) is -6.52. The number of rotatable bonds is 4. The van der Waals surface area contributed by atoms with Crippen LogP contribution in [0, 0.1) is 5.82 Å². The molecule has 0 aliphatic heterocycles. The number of carboxylic acids is 1. The van der Waals surface area contributed by atoms with Crippen LogP contribution in [-0.2, 0) is 4.79 Å². The van der Waals surface area contributed by atoms with E-state index in [-0.39, 0.29) is 6.07 Å². The van der Waals surface area contributed by atoms with Crippen LogP contribution in [0.3, 0.4) is 0 Å². The van der Waals surface area contributed by atoms with Crippen molar-refractivity contribution in [2.24, 2.45) is 0 Å². The highest BCUT2D eigenvalue weighted by Gasteiger charge is 2.42. The molecule has 10 heteroatoms. The zero-order valence-electron chi connectivity index (χ0n) is 8.67. The van der Waals surface area contributed by atoms with Gasteiger partial charge in [0.1, 0.15) is 5.75 Å². The van der Waals surface area contributed by atoms with Gasteiger partial charge >= 0.3 is 18.4 Å². The van der Waals surface area contributed by atoms with E-state index in [9.17, 15) is 31.1 Å². The fraction of sp³-hybridized carbons (Fsp3) is 0.222. The van der Waals surface area contributed by atoms with Crippen LogP contribution in [0.4, 0.5) is 26.3 Å². The Balaban J connectivity index is 2.92. The van der Waals surface area contributed by atoms with E-state index >= 15 is 0 Å². The monoisotopic (exact) mass is 290 g/mol. The maximum atomic E-state index is 13.1. The minimum absolute atomic E-state index is 0.137. The van der Waals surface area contributed by atoms with Crippen molar-refractivity contribution in [3.63, 3.8) is 0 Å². The molecule has 0 bridgehead atoms. The van der Waals surface area contributed by atoms with Crippen molar-refractivity contribution in [1.82, 2.24) is 0 Å². The van der Waals surface area contributed by atoms with Crippen molar-refractivity contribution in [2.75, 3.05) is 0 Å². The van der Waals surface area contributed by atoms with Gasteiger partial charge in [-0.1, -0.05) is 0 Å². The zero-order valence-corrected chi connectivity index (χ0v) is 8.67. The summed E-state index contributed by atoms with van der Waals surface area (Å²) in [6, 6.07) is 1.01. The first kappa shape index (κ1) is 14.9. The second kappa shape index (κ2) is 4.86. The first-order valence-electron chi connectivity index (χ1n) is 4.37. The lowest BCUT2D eigenvalue weighted by atomic mass is 10.3. The molecular weight excluding hydrogens is 286 g/mol. The highest BCUT2D eigenvalue weighted by Crippen LogP contribution is 2.30. The Hall–Kier alpha value is -2.13. The van der Waals surface area contributed by atoms with E-state index in [0.717, 1.165) is 0 Å². The average molecular weight is 290 g/mol. The number of benzene rings is 1. The van der Waals surface area contributed by atoms with Crippen molar-refractivity contribution < 1.29 is 45.7 Å². The van der Waals surface area contributed by atoms with Gasteiger partial charge in [0.15, 0.2) is 11.6 Å². The number of carbonyl (C=O) groups is 1. The molecule has 0 heterocycles. The van der Waals surface area contributed by atoms with Gasteiger partial charge in [-0.25, -0.2) is 9.18 Å². The van der Waals surface area contributed by atoms with E-state index in [1.807, 2.05) is 0 Å². The number of alkyl halides is 5. The van der Waals surface area contributed by atoms with E-state index in [2.05, 4.69) is 9.47 Å². The van der Waals surface area contributed by atoms with Crippen LogP contribution in [0.5, 0.6) is 11.5 Å². The smallest absolute Gasteiger partial charge is 0.474 e. The summed E-state index contributed by atoms with van der Waals surface area (Å²) < 4.78 is 80.4. The van der Waals surface area contributed by atoms with Crippen molar-refractivity contribution in [3.8, 4) is 11.5 Å². The van der Waals surface area contributed by atoms with E-state index in [0.29, 0.717) is 12.1 Å². The third-order valence-electron chi connectivity index (χ3n) is 1.62. The molecule has 0 spiro atoms. The standard InChI is InChI=1S/C9H4F6O4/c10-5-3-4(18-8(11,12)7(16)17)1-2-6(5)19-9(13,14)15/h1-3H,(H,16,17). The molecule has 0 fully saturated rings. The van der Waals surface area contributed by atoms with Crippen LogP contribution >= 0.6 is 0 Å². The molecule has 0 saturated carbocycles. The first-order valence-corrected chi connectivity index (χ1v) is 4.37. The number of ether oxygens (including phenoxy) is 2. The second-order valence-corrected chi connectivity index (χ2v) is 3.06. The number of hydrogen-bond acceptors (Lipinski definition) is 3. The summed E-state index contributed by atoms with van der Waals surface area (Å²) in [5, 5.41) is 8.04. The summed E-state index contributed by atoms with van der Waals surface area (Å²) in [6.07, 6.45) is -9.80. The van der Waals surface area contributed by atoms with Crippen molar-refractivity contribution in [3.05, 3.63) is 24.0 Å². The molecule has 19 heavy (non-hydrogen) atoms. The lowest BCUT2D eigenvalue weighted by Crippen LogP contribution is -2.34. The minimum Gasteiger partial charge on any atom is -0.474 e. The van der Waals surface area contributed by atoms with Gasteiger partial charge in [0, 0.05) is 6.07 Å². The number of carboxylic acid groups (broad SMARTS) is 1. The molecule has 0 aliphatic rings. The van der Waals surface area contributed by atoms with Gasteiger partial charge in [0.25, 0.3) is 0 Å². The van der Waals surface area contributed by atoms with Crippen LogP contribution in [-0.4, -0.2) is 23.5 Å².